The predicted octanol–water partition coefficient (Wildman–Crippen LogP) is 1.59. The number of hydrogen-bond donors (Lipinski definition) is 1. The number of unbranched alkanes of at least 4 members (excludes halogenated alkanes) is 1. The summed E-state index contributed by atoms with van der Waals surface area (Å²) in [6.45, 7) is 2.67. The van der Waals surface area contributed by atoms with Crippen molar-refractivity contribution >= 4 is 17.9 Å². The van der Waals surface area contributed by atoms with Gasteiger partial charge in [-0.05, 0) is 28.3 Å². The second-order valence-corrected chi connectivity index (χ2v) is 7.35. The number of tetrazole rings is 1. The number of H-pyrrole nitrogens is 1. The van der Waals surface area contributed by atoms with E-state index in [9.17, 15) is 4.79 Å². The smallest absolute Gasteiger partial charge is 0.320 e. The molecule has 2 aromatic heterocycles. The van der Waals surface area contributed by atoms with E-state index in [1.54, 1.807) is 0 Å². The molecule has 152 valence electrons. The molecule has 0 unspecified atom stereocenters. The van der Waals surface area contributed by atoms with Gasteiger partial charge in [-0.25, -0.2) is 4.98 Å². The summed E-state index contributed by atoms with van der Waals surface area (Å²) in [5.41, 5.74) is 4.46. The molecule has 0 spiro atoms. The van der Waals surface area contributed by atoms with Crippen molar-refractivity contribution < 1.29 is 56.2 Å². The quantitative estimate of drug-likeness (QED) is 0.319. The maximum absolute atomic E-state index is 11.5. The van der Waals surface area contributed by atoms with Gasteiger partial charge in [0.2, 0.25) is 5.82 Å². The number of halogens is 1. The Labute approximate surface area is 228 Å². The molecule has 1 N–H and O–H groups in total. The number of imidazole rings is 1. The summed E-state index contributed by atoms with van der Waals surface area (Å²) < 4.78 is 1.91. The number of rotatable bonds is 8. The standard InChI is InChI=1S/C22H21ClN6O.K/c1-2-3-8-20-24-21(23)19(14-30)29(20)13-15-9-11-16(12-10-15)17-6-4-5-7-18(17)22-25-27-28-26-22;/h4-7,9-12,14H,2-3,8,13H2,1H3,(H,25,26,27,28);/q;+1. The van der Waals surface area contributed by atoms with Crippen molar-refractivity contribution in [1.29, 1.82) is 0 Å². The zero-order valence-electron chi connectivity index (χ0n) is 17.5. The maximum Gasteiger partial charge on any atom is 1.00 e. The number of nitrogens with zero attached hydrogens (tertiary/aromatic N) is 5. The van der Waals surface area contributed by atoms with Gasteiger partial charge in [0.15, 0.2) is 11.4 Å². The van der Waals surface area contributed by atoms with Crippen LogP contribution in [0.15, 0.2) is 48.5 Å². The monoisotopic (exact) mass is 459 g/mol. The molecule has 2 heterocycles. The van der Waals surface area contributed by atoms with E-state index >= 15 is 0 Å². The van der Waals surface area contributed by atoms with E-state index in [4.69, 9.17) is 11.6 Å². The summed E-state index contributed by atoms with van der Waals surface area (Å²) in [6, 6.07) is 16.1. The van der Waals surface area contributed by atoms with Crippen molar-refractivity contribution in [1.82, 2.24) is 30.2 Å². The molecular weight excluding hydrogens is 439 g/mol. The first-order valence-corrected chi connectivity index (χ1v) is 10.2. The van der Waals surface area contributed by atoms with Gasteiger partial charge in [0, 0.05) is 18.5 Å². The van der Waals surface area contributed by atoms with Crippen LogP contribution in [0.4, 0.5) is 0 Å². The molecule has 4 rings (SSSR count). The van der Waals surface area contributed by atoms with Crippen molar-refractivity contribution in [3.05, 3.63) is 70.8 Å². The molecule has 0 fully saturated rings. The number of carbonyl (C=O) groups excluding carboxylic acids is 1. The Balaban J connectivity index is 0.00000272. The molecule has 0 aliphatic heterocycles. The number of aromatic amines is 1. The van der Waals surface area contributed by atoms with E-state index in [-0.39, 0.29) is 56.5 Å². The van der Waals surface area contributed by atoms with E-state index in [0.717, 1.165) is 53.6 Å². The number of aryl methyl sites for hydroxylation is 1. The van der Waals surface area contributed by atoms with Gasteiger partial charge in [0.25, 0.3) is 0 Å². The first-order chi connectivity index (χ1) is 14.7. The van der Waals surface area contributed by atoms with Crippen LogP contribution in [0.25, 0.3) is 22.5 Å². The third-order valence-corrected chi connectivity index (χ3v) is 5.30. The molecule has 0 aliphatic carbocycles. The average Bonchev–Trinajstić information content (AvgIpc) is 3.41. The SMILES string of the molecule is CCCCc1nc(Cl)c(C=O)n1Cc1ccc(-c2ccccc2-c2nn[nH]n2)cc1.[K+]. The summed E-state index contributed by atoms with van der Waals surface area (Å²) in [6.07, 6.45) is 3.62. The zero-order valence-corrected chi connectivity index (χ0v) is 21.4. The summed E-state index contributed by atoms with van der Waals surface area (Å²) in [4.78, 5) is 15.9. The molecule has 0 amide bonds. The fourth-order valence-corrected chi connectivity index (χ4v) is 3.72. The fraction of sp³-hybridized carbons (Fsp3) is 0.227. The Morgan fingerprint density at radius 2 is 1.84 bits per heavy atom. The molecule has 9 heteroatoms. The number of aldehydes is 1. The molecule has 0 saturated heterocycles. The van der Waals surface area contributed by atoms with Gasteiger partial charge in [-0.2, -0.15) is 5.21 Å². The van der Waals surface area contributed by atoms with Gasteiger partial charge >= 0.3 is 51.4 Å². The molecule has 31 heavy (non-hydrogen) atoms. The molecule has 2 aromatic carbocycles. The zero-order chi connectivity index (χ0) is 20.9. The van der Waals surface area contributed by atoms with Crippen LogP contribution in [0.3, 0.4) is 0 Å². The van der Waals surface area contributed by atoms with E-state index in [2.05, 4.69) is 56.8 Å². The van der Waals surface area contributed by atoms with Gasteiger partial charge in [-0.3, -0.25) is 4.79 Å². The second-order valence-electron chi connectivity index (χ2n) is 6.99. The first-order valence-electron chi connectivity index (χ1n) is 9.83. The van der Waals surface area contributed by atoms with E-state index < -0.39 is 0 Å². The van der Waals surface area contributed by atoms with Crippen LogP contribution >= 0.6 is 11.6 Å². The average molecular weight is 460 g/mol. The van der Waals surface area contributed by atoms with Crippen molar-refractivity contribution in [3.63, 3.8) is 0 Å². The molecule has 4 aromatic rings. The van der Waals surface area contributed by atoms with Crippen molar-refractivity contribution in [2.75, 3.05) is 0 Å². The summed E-state index contributed by atoms with van der Waals surface area (Å²) >= 11 is 6.18. The summed E-state index contributed by atoms with van der Waals surface area (Å²) in [5.74, 6) is 1.40. The Morgan fingerprint density at radius 1 is 1.10 bits per heavy atom. The Morgan fingerprint density at radius 3 is 2.48 bits per heavy atom. The third-order valence-electron chi connectivity index (χ3n) is 5.03. The Hall–Kier alpha value is -1.68. The molecule has 0 bridgehead atoms. The largest absolute Gasteiger partial charge is 1.00 e. The fourth-order valence-electron chi connectivity index (χ4n) is 3.47. The number of aromatic nitrogens is 6. The van der Waals surface area contributed by atoms with E-state index in [1.807, 2.05) is 28.8 Å². The van der Waals surface area contributed by atoms with Crippen LogP contribution in [-0.4, -0.2) is 36.5 Å². The number of carbonyl (C=O) groups is 1. The van der Waals surface area contributed by atoms with Crippen LogP contribution < -0.4 is 51.4 Å². The maximum atomic E-state index is 11.5. The van der Waals surface area contributed by atoms with Gasteiger partial charge in [0.05, 0.1) is 0 Å². The summed E-state index contributed by atoms with van der Waals surface area (Å²) in [7, 11) is 0. The second kappa shape index (κ2) is 11.3. The van der Waals surface area contributed by atoms with Crippen molar-refractivity contribution in [2.24, 2.45) is 0 Å². The molecule has 7 nitrogen and oxygen atoms in total. The Bertz CT molecular complexity index is 1140. The topological polar surface area (TPSA) is 89.4 Å². The van der Waals surface area contributed by atoms with Crippen molar-refractivity contribution in [3.8, 4) is 22.5 Å². The van der Waals surface area contributed by atoms with E-state index in [1.165, 1.54) is 0 Å². The molecule has 0 aliphatic rings. The predicted molar refractivity (Wildman–Crippen MR) is 115 cm³/mol. The molecule has 0 radical (unpaired) electrons. The van der Waals surface area contributed by atoms with Crippen LogP contribution in [-0.2, 0) is 13.0 Å². The van der Waals surface area contributed by atoms with Gasteiger partial charge in [-0.1, -0.05) is 73.5 Å². The van der Waals surface area contributed by atoms with Gasteiger partial charge < -0.3 is 4.57 Å². The Kier molecular flexibility index (Phi) is 8.71. The number of hydrogen-bond acceptors (Lipinski definition) is 5. The van der Waals surface area contributed by atoms with Crippen LogP contribution in [0.1, 0.15) is 41.6 Å². The minimum absolute atomic E-state index is 0. The van der Waals surface area contributed by atoms with Crippen LogP contribution in [0.2, 0.25) is 5.15 Å². The van der Waals surface area contributed by atoms with Crippen LogP contribution in [0.5, 0.6) is 0 Å². The number of nitrogens with one attached hydrogen (secondary N) is 1. The minimum Gasteiger partial charge on any atom is -0.320 e. The normalized spacial score (nSPS) is 10.6. The number of benzene rings is 2. The molecule has 0 saturated carbocycles. The molecular formula is C22H21ClKN6O+. The van der Waals surface area contributed by atoms with Gasteiger partial charge in [0.1, 0.15) is 11.5 Å². The third kappa shape index (κ3) is 5.39. The summed E-state index contributed by atoms with van der Waals surface area (Å²) in [5, 5.41) is 14.6. The molecule has 0 atom stereocenters. The van der Waals surface area contributed by atoms with Gasteiger partial charge in [-0.15, -0.1) is 10.2 Å². The first kappa shape index (κ1) is 24.0. The van der Waals surface area contributed by atoms with Crippen molar-refractivity contribution in [2.45, 2.75) is 32.7 Å². The van der Waals surface area contributed by atoms with Crippen LogP contribution in [0, 0.1) is 0 Å². The van der Waals surface area contributed by atoms with E-state index in [0.29, 0.717) is 18.1 Å². The minimum atomic E-state index is 0.